The molecule has 66 valence electrons. The molecule has 0 radical (unpaired) electrons. The third kappa shape index (κ3) is 1.30. The molecule has 0 saturated heterocycles. The van der Waals surface area contributed by atoms with Crippen LogP contribution in [0.4, 0.5) is 0 Å². The van der Waals surface area contributed by atoms with E-state index in [2.05, 4.69) is 0 Å². The van der Waals surface area contributed by atoms with Crippen LogP contribution in [0.15, 0.2) is 6.07 Å². The van der Waals surface area contributed by atoms with Crippen LogP contribution in [0, 0.1) is 20.8 Å². The summed E-state index contributed by atoms with van der Waals surface area (Å²) in [5.41, 5.74) is 3.55. The zero-order valence-corrected chi connectivity index (χ0v) is 7.68. The topological polar surface area (TPSA) is 40.5 Å². The standard InChI is InChI=1S/C10H14O2/c1-6-4-7(2)10(12)9(5-11)8(6)3/h4,11-12H,5H2,1-3H3. The van der Waals surface area contributed by atoms with Gasteiger partial charge in [-0.15, -0.1) is 0 Å². The summed E-state index contributed by atoms with van der Waals surface area (Å²) in [6.07, 6.45) is 0. The molecule has 0 atom stereocenters. The second-order valence-corrected chi connectivity index (χ2v) is 3.12. The van der Waals surface area contributed by atoms with E-state index < -0.39 is 0 Å². The molecule has 0 heterocycles. The Balaban J connectivity index is 3.42. The van der Waals surface area contributed by atoms with Gasteiger partial charge in [0.2, 0.25) is 0 Å². The molecule has 1 rings (SSSR count). The molecule has 0 aliphatic heterocycles. The van der Waals surface area contributed by atoms with Gasteiger partial charge in [-0.3, -0.25) is 0 Å². The highest BCUT2D eigenvalue weighted by molar-refractivity contribution is 5.47. The van der Waals surface area contributed by atoms with Crippen molar-refractivity contribution in [2.45, 2.75) is 27.4 Å². The fourth-order valence-corrected chi connectivity index (χ4v) is 1.35. The minimum atomic E-state index is -0.0970. The molecule has 0 saturated carbocycles. The number of aliphatic hydroxyl groups excluding tert-OH is 1. The number of hydrogen-bond donors (Lipinski definition) is 2. The Morgan fingerprint density at radius 2 is 1.75 bits per heavy atom. The van der Waals surface area contributed by atoms with E-state index in [9.17, 15) is 5.11 Å². The van der Waals surface area contributed by atoms with Gasteiger partial charge in [-0.25, -0.2) is 0 Å². The lowest BCUT2D eigenvalue weighted by molar-refractivity contribution is 0.274. The van der Waals surface area contributed by atoms with Gasteiger partial charge >= 0.3 is 0 Å². The summed E-state index contributed by atoms with van der Waals surface area (Å²) < 4.78 is 0. The molecule has 2 N–H and O–H groups in total. The van der Waals surface area contributed by atoms with Crippen LogP contribution >= 0.6 is 0 Å². The van der Waals surface area contributed by atoms with Gasteiger partial charge in [-0.05, 0) is 37.5 Å². The van der Waals surface area contributed by atoms with Crippen LogP contribution in [0.2, 0.25) is 0 Å². The Morgan fingerprint density at radius 3 is 2.25 bits per heavy atom. The Kier molecular flexibility index (Phi) is 2.38. The van der Waals surface area contributed by atoms with Crippen LogP contribution in [0.3, 0.4) is 0 Å². The van der Waals surface area contributed by atoms with Gasteiger partial charge in [0, 0.05) is 5.56 Å². The number of aliphatic hydroxyl groups is 1. The molecular weight excluding hydrogens is 152 g/mol. The normalized spacial score (nSPS) is 10.3. The lowest BCUT2D eigenvalue weighted by Crippen LogP contribution is -1.94. The predicted octanol–water partition coefficient (Wildman–Crippen LogP) is 1.81. The molecule has 0 spiro atoms. The van der Waals surface area contributed by atoms with Crippen LogP contribution in [0.5, 0.6) is 5.75 Å². The summed E-state index contributed by atoms with van der Waals surface area (Å²) >= 11 is 0. The first-order chi connectivity index (χ1) is 5.57. The summed E-state index contributed by atoms with van der Waals surface area (Å²) in [7, 11) is 0. The predicted molar refractivity (Wildman–Crippen MR) is 48.2 cm³/mol. The largest absolute Gasteiger partial charge is 0.507 e. The lowest BCUT2D eigenvalue weighted by Gasteiger charge is -2.10. The fraction of sp³-hybridized carbons (Fsp3) is 0.400. The second kappa shape index (κ2) is 3.15. The van der Waals surface area contributed by atoms with E-state index in [1.165, 1.54) is 0 Å². The summed E-state index contributed by atoms with van der Waals surface area (Å²) in [6, 6.07) is 1.92. The molecule has 0 unspecified atom stereocenters. The number of aromatic hydroxyl groups is 1. The third-order valence-electron chi connectivity index (χ3n) is 2.29. The lowest BCUT2D eigenvalue weighted by atomic mass is 9.99. The smallest absolute Gasteiger partial charge is 0.124 e. The number of benzene rings is 1. The van der Waals surface area contributed by atoms with Crippen molar-refractivity contribution >= 4 is 0 Å². The maximum Gasteiger partial charge on any atom is 0.124 e. The van der Waals surface area contributed by atoms with Gasteiger partial charge in [0.15, 0.2) is 0 Å². The van der Waals surface area contributed by atoms with Crippen molar-refractivity contribution in [2.24, 2.45) is 0 Å². The van der Waals surface area contributed by atoms with E-state index >= 15 is 0 Å². The summed E-state index contributed by atoms with van der Waals surface area (Å²) in [5, 5.41) is 18.5. The minimum Gasteiger partial charge on any atom is -0.507 e. The molecule has 0 aromatic heterocycles. The van der Waals surface area contributed by atoms with Crippen LogP contribution < -0.4 is 0 Å². The first-order valence-electron chi connectivity index (χ1n) is 3.97. The van der Waals surface area contributed by atoms with E-state index in [1.807, 2.05) is 26.8 Å². The van der Waals surface area contributed by atoms with Crippen LogP contribution in [-0.4, -0.2) is 10.2 Å². The van der Waals surface area contributed by atoms with Crippen molar-refractivity contribution in [3.8, 4) is 5.75 Å². The Labute approximate surface area is 72.5 Å². The van der Waals surface area contributed by atoms with Crippen molar-refractivity contribution in [3.05, 3.63) is 28.3 Å². The molecule has 0 aliphatic rings. The highest BCUT2D eigenvalue weighted by Gasteiger charge is 2.08. The molecule has 0 fully saturated rings. The Morgan fingerprint density at radius 1 is 1.17 bits per heavy atom. The van der Waals surface area contributed by atoms with Gasteiger partial charge in [-0.1, -0.05) is 6.07 Å². The Hall–Kier alpha value is -1.02. The number of hydrogen-bond acceptors (Lipinski definition) is 2. The first kappa shape index (κ1) is 9.07. The summed E-state index contributed by atoms with van der Waals surface area (Å²) in [4.78, 5) is 0. The minimum absolute atomic E-state index is 0.0970. The van der Waals surface area contributed by atoms with Crippen LogP contribution in [0.1, 0.15) is 22.3 Å². The molecule has 2 nitrogen and oxygen atoms in total. The highest BCUT2D eigenvalue weighted by Crippen LogP contribution is 2.27. The molecular formula is C10H14O2. The van der Waals surface area contributed by atoms with Gasteiger partial charge in [0.1, 0.15) is 5.75 Å². The Bertz CT molecular complexity index is 277. The molecule has 0 aliphatic carbocycles. The first-order valence-corrected chi connectivity index (χ1v) is 3.97. The van der Waals surface area contributed by atoms with E-state index in [4.69, 9.17) is 5.11 Å². The number of phenols is 1. The van der Waals surface area contributed by atoms with Gasteiger partial charge in [0.25, 0.3) is 0 Å². The van der Waals surface area contributed by atoms with Crippen LogP contribution in [-0.2, 0) is 6.61 Å². The van der Waals surface area contributed by atoms with Crippen molar-refractivity contribution in [1.82, 2.24) is 0 Å². The molecule has 12 heavy (non-hydrogen) atoms. The SMILES string of the molecule is Cc1cc(C)c(O)c(CO)c1C. The average Bonchev–Trinajstić information content (AvgIpc) is 2.02. The average molecular weight is 166 g/mol. The van der Waals surface area contributed by atoms with E-state index in [1.54, 1.807) is 0 Å². The quantitative estimate of drug-likeness (QED) is 0.668. The molecule has 0 amide bonds. The van der Waals surface area contributed by atoms with E-state index in [0.29, 0.717) is 5.56 Å². The maximum absolute atomic E-state index is 9.54. The molecule has 0 bridgehead atoms. The van der Waals surface area contributed by atoms with E-state index in [0.717, 1.165) is 16.7 Å². The molecule has 2 heteroatoms. The zero-order valence-electron chi connectivity index (χ0n) is 7.68. The van der Waals surface area contributed by atoms with Crippen molar-refractivity contribution in [1.29, 1.82) is 0 Å². The van der Waals surface area contributed by atoms with E-state index in [-0.39, 0.29) is 12.4 Å². The van der Waals surface area contributed by atoms with Crippen molar-refractivity contribution < 1.29 is 10.2 Å². The second-order valence-electron chi connectivity index (χ2n) is 3.12. The van der Waals surface area contributed by atoms with Gasteiger partial charge in [0.05, 0.1) is 6.61 Å². The van der Waals surface area contributed by atoms with Crippen molar-refractivity contribution in [2.75, 3.05) is 0 Å². The fourth-order valence-electron chi connectivity index (χ4n) is 1.35. The molecule has 1 aromatic carbocycles. The highest BCUT2D eigenvalue weighted by atomic mass is 16.3. The van der Waals surface area contributed by atoms with Gasteiger partial charge < -0.3 is 10.2 Å². The molecule has 1 aromatic rings. The van der Waals surface area contributed by atoms with Crippen LogP contribution in [0.25, 0.3) is 0 Å². The summed E-state index contributed by atoms with van der Waals surface area (Å²) in [5.74, 6) is 0.223. The summed E-state index contributed by atoms with van der Waals surface area (Å²) in [6.45, 7) is 5.61. The van der Waals surface area contributed by atoms with Crippen molar-refractivity contribution in [3.63, 3.8) is 0 Å². The zero-order chi connectivity index (χ0) is 9.30. The monoisotopic (exact) mass is 166 g/mol. The number of aryl methyl sites for hydroxylation is 2. The number of rotatable bonds is 1. The maximum atomic E-state index is 9.54. The third-order valence-corrected chi connectivity index (χ3v) is 2.29. The van der Waals surface area contributed by atoms with Gasteiger partial charge in [-0.2, -0.15) is 0 Å².